The molecule has 0 saturated carbocycles. The van der Waals surface area contributed by atoms with E-state index in [1.54, 1.807) is 26.6 Å². The summed E-state index contributed by atoms with van der Waals surface area (Å²) in [4.78, 5) is 17.4. The number of methoxy groups -OCH3 is 2. The van der Waals surface area contributed by atoms with E-state index in [9.17, 15) is 4.79 Å². The highest BCUT2D eigenvalue weighted by atomic mass is 16.5. The number of ether oxygens (including phenoxy) is 2. The summed E-state index contributed by atoms with van der Waals surface area (Å²) in [6.45, 7) is 0.515. The number of aromatic amines is 1. The van der Waals surface area contributed by atoms with Crippen molar-refractivity contribution in [2.75, 3.05) is 20.8 Å². The molecule has 7 nitrogen and oxygen atoms in total. The smallest absolute Gasteiger partial charge is 0.270 e. The standard InChI is InChI=1S/C24H24N4O3/c1-30-9-8-22(17-4-3-5-21(11-17)31-2)28-24(29)23-12-19-10-16(20-14-26-27-15-20)6-7-18(19)13-25-23/h3-7,10-15,22H,8-9H2,1-2H3,(H,26,27)(H,28,29). The molecule has 0 saturated heterocycles. The number of carbonyl (C=O) groups excluding carboxylic acids is 1. The summed E-state index contributed by atoms with van der Waals surface area (Å²) in [6.07, 6.45) is 5.96. The normalized spacial score (nSPS) is 11.9. The Morgan fingerprint density at radius 1 is 1.06 bits per heavy atom. The lowest BCUT2D eigenvalue weighted by atomic mass is 10.0. The molecule has 0 fully saturated rings. The summed E-state index contributed by atoms with van der Waals surface area (Å²) >= 11 is 0. The van der Waals surface area contributed by atoms with E-state index in [-0.39, 0.29) is 11.9 Å². The molecule has 0 bridgehead atoms. The van der Waals surface area contributed by atoms with E-state index in [4.69, 9.17) is 9.47 Å². The molecule has 1 unspecified atom stereocenters. The Morgan fingerprint density at radius 3 is 2.74 bits per heavy atom. The van der Waals surface area contributed by atoms with E-state index < -0.39 is 0 Å². The molecule has 0 spiro atoms. The minimum absolute atomic E-state index is 0.225. The third-order valence-electron chi connectivity index (χ3n) is 5.20. The van der Waals surface area contributed by atoms with E-state index in [2.05, 4.69) is 20.5 Å². The monoisotopic (exact) mass is 416 g/mol. The maximum atomic E-state index is 13.0. The second kappa shape index (κ2) is 9.40. The Labute approximate surface area is 180 Å². The van der Waals surface area contributed by atoms with E-state index in [1.807, 2.05) is 54.7 Å². The minimum Gasteiger partial charge on any atom is -0.497 e. The molecule has 0 radical (unpaired) electrons. The van der Waals surface area contributed by atoms with Gasteiger partial charge in [-0.2, -0.15) is 5.10 Å². The summed E-state index contributed by atoms with van der Waals surface area (Å²) in [7, 11) is 3.27. The van der Waals surface area contributed by atoms with Crippen molar-refractivity contribution in [3.05, 3.63) is 78.4 Å². The van der Waals surface area contributed by atoms with Gasteiger partial charge in [0.15, 0.2) is 0 Å². The third kappa shape index (κ3) is 4.73. The maximum absolute atomic E-state index is 13.0. The van der Waals surface area contributed by atoms with Crippen LogP contribution in [0.3, 0.4) is 0 Å². The van der Waals surface area contributed by atoms with E-state index >= 15 is 0 Å². The summed E-state index contributed by atoms with van der Waals surface area (Å²) < 4.78 is 10.6. The predicted octanol–water partition coefficient (Wildman–Crippen LogP) is 4.14. The Morgan fingerprint density at radius 2 is 1.97 bits per heavy atom. The van der Waals surface area contributed by atoms with Crippen molar-refractivity contribution < 1.29 is 14.3 Å². The molecule has 2 heterocycles. The van der Waals surface area contributed by atoms with Gasteiger partial charge in [-0.05, 0) is 47.2 Å². The van der Waals surface area contributed by atoms with Gasteiger partial charge in [0.05, 0.1) is 19.3 Å². The molecule has 0 aliphatic rings. The average Bonchev–Trinajstić information content (AvgIpc) is 3.36. The number of H-pyrrole nitrogens is 1. The van der Waals surface area contributed by atoms with Gasteiger partial charge in [-0.15, -0.1) is 0 Å². The predicted molar refractivity (Wildman–Crippen MR) is 119 cm³/mol. The van der Waals surface area contributed by atoms with Gasteiger partial charge in [-0.25, -0.2) is 0 Å². The molecule has 4 rings (SSSR count). The van der Waals surface area contributed by atoms with Gasteiger partial charge in [0.2, 0.25) is 0 Å². The average molecular weight is 416 g/mol. The van der Waals surface area contributed by atoms with Crippen LogP contribution in [0, 0.1) is 0 Å². The van der Waals surface area contributed by atoms with Crippen LogP contribution in [0.15, 0.2) is 67.1 Å². The summed E-state index contributed by atoms with van der Waals surface area (Å²) in [6, 6.07) is 15.3. The number of hydrogen-bond donors (Lipinski definition) is 2. The quantitative estimate of drug-likeness (QED) is 0.451. The maximum Gasteiger partial charge on any atom is 0.270 e. The van der Waals surface area contributed by atoms with Crippen molar-refractivity contribution in [3.8, 4) is 16.9 Å². The van der Waals surface area contributed by atoms with Gasteiger partial charge >= 0.3 is 0 Å². The lowest BCUT2D eigenvalue weighted by molar-refractivity contribution is 0.0919. The molecule has 7 heteroatoms. The Kier molecular flexibility index (Phi) is 6.24. The highest BCUT2D eigenvalue weighted by molar-refractivity contribution is 5.97. The third-order valence-corrected chi connectivity index (χ3v) is 5.20. The number of hydrogen-bond acceptors (Lipinski definition) is 5. The molecule has 0 aliphatic carbocycles. The van der Waals surface area contributed by atoms with Crippen molar-refractivity contribution in [1.29, 1.82) is 0 Å². The Bertz CT molecular complexity index is 1170. The van der Waals surface area contributed by atoms with Crippen LogP contribution in [0.5, 0.6) is 5.75 Å². The molecule has 158 valence electrons. The number of amides is 1. The van der Waals surface area contributed by atoms with E-state index in [0.29, 0.717) is 18.7 Å². The zero-order chi connectivity index (χ0) is 21.6. The number of pyridine rings is 1. The van der Waals surface area contributed by atoms with E-state index in [1.165, 1.54) is 0 Å². The first-order chi connectivity index (χ1) is 15.2. The first kappa shape index (κ1) is 20.6. The first-order valence-corrected chi connectivity index (χ1v) is 10.0. The number of benzene rings is 2. The lowest BCUT2D eigenvalue weighted by Gasteiger charge is -2.19. The Hall–Kier alpha value is -3.71. The van der Waals surface area contributed by atoms with Crippen molar-refractivity contribution in [1.82, 2.24) is 20.5 Å². The van der Waals surface area contributed by atoms with Crippen LogP contribution in [0.25, 0.3) is 21.9 Å². The molecule has 2 N–H and O–H groups in total. The number of carbonyl (C=O) groups is 1. The summed E-state index contributed by atoms with van der Waals surface area (Å²) in [5.74, 6) is 0.504. The molecule has 1 amide bonds. The lowest BCUT2D eigenvalue weighted by Crippen LogP contribution is -2.30. The van der Waals surface area contributed by atoms with Crippen molar-refractivity contribution in [3.63, 3.8) is 0 Å². The number of aromatic nitrogens is 3. The molecule has 4 aromatic rings. The minimum atomic E-state index is -0.237. The van der Waals surface area contributed by atoms with E-state index in [0.717, 1.165) is 33.2 Å². The zero-order valence-corrected chi connectivity index (χ0v) is 17.5. The molecular formula is C24H24N4O3. The fourth-order valence-electron chi connectivity index (χ4n) is 3.50. The van der Waals surface area contributed by atoms with Gasteiger partial charge < -0.3 is 14.8 Å². The molecule has 31 heavy (non-hydrogen) atoms. The van der Waals surface area contributed by atoms with Crippen molar-refractivity contribution >= 4 is 16.7 Å². The van der Waals surface area contributed by atoms with Crippen LogP contribution < -0.4 is 10.1 Å². The van der Waals surface area contributed by atoms with Gasteiger partial charge in [0.25, 0.3) is 5.91 Å². The largest absolute Gasteiger partial charge is 0.497 e. The number of rotatable bonds is 8. The van der Waals surface area contributed by atoms with Crippen molar-refractivity contribution in [2.24, 2.45) is 0 Å². The topological polar surface area (TPSA) is 89.1 Å². The first-order valence-electron chi connectivity index (χ1n) is 10.0. The molecule has 0 aliphatic heterocycles. The molecular weight excluding hydrogens is 392 g/mol. The second-order valence-corrected chi connectivity index (χ2v) is 7.20. The highest BCUT2D eigenvalue weighted by Gasteiger charge is 2.18. The Balaban J connectivity index is 1.60. The SMILES string of the molecule is COCCC(NC(=O)c1cc2cc(-c3cn[nH]c3)ccc2cn1)c1cccc(OC)c1. The van der Waals surface area contributed by atoms with Gasteiger partial charge in [-0.3, -0.25) is 14.9 Å². The summed E-state index contributed by atoms with van der Waals surface area (Å²) in [5.41, 5.74) is 3.32. The fraction of sp³-hybridized carbons (Fsp3) is 0.208. The number of nitrogens with one attached hydrogen (secondary N) is 2. The van der Waals surface area contributed by atoms with Crippen LogP contribution in [-0.2, 0) is 4.74 Å². The molecule has 2 aromatic carbocycles. The van der Waals surface area contributed by atoms with Gasteiger partial charge in [-0.1, -0.05) is 24.3 Å². The summed E-state index contributed by atoms with van der Waals surface area (Å²) in [5, 5.41) is 11.8. The fourth-order valence-corrected chi connectivity index (χ4v) is 3.50. The van der Waals surface area contributed by atoms with Gasteiger partial charge in [0.1, 0.15) is 11.4 Å². The number of fused-ring (bicyclic) bond motifs is 1. The highest BCUT2D eigenvalue weighted by Crippen LogP contribution is 2.25. The molecule has 1 atom stereocenters. The van der Waals surface area contributed by atoms with Crippen molar-refractivity contribution in [2.45, 2.75) is 12.5 Å². The van der Waals surface area contributed by atoms with Gasteiger partial charge in [0, 0.05) is 37.1 Å². The zero-order valence-electron chi connectivity index (χ0n) is 17.5. The van der Waals surface area contributed by atoms with Crippen LogP contribution >= 0.6 is 0 Å². The van der Waals surface area contributed by atoms with Crippen LogP contribution in [-0.4, -0.2) is 41.9 Å². The van der Waals surface area contributed by atoms with Crippen LogP contribution in [0.4, 0.5) is 0 Å². The second-order valence-electron chi connectivity index (χ2n) is 7.20. The van der Waals surface area contributed by atoms with Crippen LogP contribution in [0.2, 0.25) is 0 Å². The molecule has 2 aromatic heterocycles. The number of nitrogens with zero attached hydrogens (tertiary/aromatic N) is 2. The van der Waals surface area contributed by atoms with Crippen LogP contribution in [0.1, 0.15) is 28.5 Å².